The van der Waals surface area contributed by atoms with Crippen molar-refractivity contribution in [3.8, 4) is 0 Å². The van der Waals surface area contributed by atoms with Crippen molar-refractivity contribution >= 4 is 16.8 Å². The maximum absolute atomic E-state index is 14.9. The molecule has 0 amide bonds. The molecule has 0 radical (unpaired) electrons. The van der Waals surface area contributed by atoms with E-state index in [0.29, 0.717) is 6.42 Å². The van der Waals surface area contributed by atoms with Crippen LogP contribution in [-0.4, -0.2) is 38.2 Å². The Hall–Kier alpha value is -0.490. The van der Waals surface area contributed by atoms with Crippen LogP contribution in [0.15, 0.2) is 0 Å². The molecule has 0 fully saturated rings. The maximum atomic E-state index is 14.9. The van der Waals surface area contributed by atoms with E-state index in [1.165, 1.54) is 0 Å². The summed E-state index contributed by atoms with van der Waals surface area (Å²) in [4.78, 5) is 11.6. The molecule has 0 saturated carbocycles. The third-order valence-corrected chi connectivity index (χ3v) is 4.89. The van der Waals surface area contributed by atoms with E-state index in [4.69, 9.17) is 0 Å². The molecule has 0 aliphatic heterocycles. The second-order valence-corrected chi connectivity index (χ2v) is 7.89. The Bertz CT molecular complexity index is 327. The summed E-state index contributed by atoms with van der Waals surface area (Å²) in [6.07, 6.45) is 0.762. The predicted molar refractivity (Wildman–Crippen MR) is 73.9 cm³/mol. The quantitative estimate of drug-likeness (QED) is 0.578. The number of alkyl halides is 1. The van der Waals surface area contributed by atoms with Gasteiger partial charge in [0.05, 0.1) is 17.9 Å². The Kier molecular flexibility index (Phi) is 7.15. The van der Waals surface area contributed by atoms with Gasteiger partial charge >= 0.3 is 11.0 Å². The van der Waals surface area contributed by atoms with Gasteiger partial charge in [-0.3, -0.25) is 4.21 Å². The zero-order chi connectivity index (χ0) is 15.3. The van der Waals surface area contributed by atoms with Gasteiger partial charge in [0, 0.05) is 4.75 Å². The number of methoxy groups -OCH3 is 1. The average Bonchev–Trinajstić information content (AvgIpc) is 2.34. The summed E-state index contributed by atoms with van der Waals surface area (Å²) in [5, 5.41) is 7.09. The van der Waals surface area contributed by atoms with Gasteiger partial charge in [0.1, 0.15) is 6.10 Å². The fourth-order valence-corrected chi connectivity index (χ4v) is 3.18. The second-order valence-electron chi connectivity index (χ2n) is 5.53. The molecule has 0 spiro atoms. The molecule has 0 saturated heterocycles. The molecule has 1 N–H and O–H groups in total. The Balaban J connectivity index is 5.19. The number of aliphatic hydroxyl groups excluding tert-OH is 1. The molecule has 0 aromatic heterocycles. The molecule has 0 rings (SSSR count). The van der Waals surface area contributed by atoms with Crippen LogP contribution in [0.5, 0.6) is 0 Å². The highest BCUT2D eigenvalue weighted by atomic mass is 32.2. The number of hydrogen-bond donors (Lipinski definition) is 1. The molecule has 0 aromatic rings. The minimum Gasteiger partial charge on any atom is -0.466 e. The molecular weight excluding hydrogens is 271 g/mol. The van der Waals surface area contributed by atoms with Crippen molar-refractivity contribution in [2.45, 2.75) is 69.2 Å². The summed E-state index contributed by atoms with van der Waals surface area (Å²) in [5.74, 6) is -1.27. The number of unbranched alkanes of at least 4 members (excludes halogenated alkanes) is 2. The number of aliphatic hydroxyl groups is 1. The van der Waals surface area contributed by atoms with Crippen LogP contribution in [0.25, 0.3) is 0 Å². The molecular formula is C13H25FO4S. The zero-order valence-electron chi connectivity index (χ0n) is 12.4. The van der Waals surface area contributed by atoms with Crippen LogP contribution in [-0.2, 0) is 20.3 Å². The third kappa shape index (κ3) is 4.53. The van der Waals surface area contributed by atoms with Crippen molar-refractivity contribution in [2.24, 2.45) is 0 Å². The first kappa shape index (κ1) is 18.5. The van der Waals surface area contributed by atoms with E-state index < -0.39 is 32.6 Å². The number of halogens is 1. The van der Waals surface area contributed by atoms with Gasteiger partial charge in [-0.1, -0.05) is 26.2 Å². The van der Waals surface area contributed by atoms with Gasteiger partial charge in [0.2, 0.25) is 0 Å². The monoisotopic (exact) mass is 296 g/mol. The Morgan fingerprint density at radius 1 is 1.37 bits per heavy atom. The molecule has 6 heteroatoms. The van der Waals surface area contributed by atoms with Crippen molar-refractivity contribution in [1.29, 1.82) is 0 Å². The zero-order valence-corrected chi connectivity index (χ0v) is 13.2. The summed E-state index contributed by atoms with van der Waals surface area (Å²) < 4.78 is 30.5. The molecule has 0 aliphatic rings. The molecule has 0 aromatic carbocycles. The third-order valence-electron chi connectivity index (χ3n) is 2.80. The lowest BCUT2D eigenvalue weighted by Gasteiger charge is -2.32. The summed E-state index contributed by atoms with van der Waals surface area (Å²) in [7, 11) is -1.17. The lowest BCUT2D eigenvalue weighted by molar-refractivity contribution is -0.154. The van der Waals surface area contributed by atoms with E-state index in [-0.39, 0.29) is 6.42 Å². The Labute approximate surface area is 117 Å². The van der Waals surface area contributed by atoms with Gasteiger partial charge in [-0.2, -0.15) is 0 Å². The largest absolute Gasteiger partial charge is 0.466 e. The number of carbonyl (C=O) groups is 1. The smallest absolute Gasteiger partial charge is 0.359 e. The van der Waals surface area contributed by atoms with Crippen molar-refractivity contribution < 1.29 is 23.2 Å². The maximum Gasteiger partial charge on any atom is 0.359 e. The van der Waals surface area contributed by atoms with E-state index in [0.717, 1.165) is 20.0 Å². The summed E-state index contributed by atoms with van der Waals surface area (Å²) >= 11 is 0. The number of rotatable bonds is 7. The van der Waals surface area contributed by atoms with E-state index in [1.54, 1.807) is 20.8 Å². The highest BCUT2D eigenvalue weighted by molar-refractivity contribution is 7.88. The number of ether oxygens (including phenoxy) is 1. The molecule has 19 heavy (non-hydrogen) atoms. The minimum absolute atomic E-state index is 0.0846. The first-order valence-electron chi connectivity index (χ1n) is 6.49. The van der Waals surface area contributed by atoms with Crippen LogP contribution in [0.2, 0.25) is 0 Å². The first-order chi connectivity index (χ1) is 8.62. The summed E-state index contributed by atoms with van der Waals surface area (Å²) in [5.41, 5.74) is 0. The van der Waals surface area contributed by atoms with Crippen molar-refractivity contribution in [1.82, 2.24) is 0 Å². The van der Waals surface area contributed by atoms with Gasteiger partial charge < -0.3 is 9.84 Å². The van der Waals surface area contributed by atoms with E-state index in [2.05, 4.69) is 4.74 Å². The highest BCUT2D eigenvalue weighted by Gasteiger charge is 2.55. The highest BCUT2D eigenvalue weighted by Crippen LogP contribution is 2.33. The van der Waals surface area contributed by atoms with Crippen molar-refractivity contribution in [2.75, 3.05) is 7.11 Å². The number of esters is 1. The van der Waals surface area contributed by atoms with Crippen LogP contribution in [0.1, 0.15) is 53.4 Å². The van der Waals surface area contributed by atoms with Crippen LogP contribution in [0.3, 0.4) is 0 Å². The minimum atomic E-state index is -2.87. The Morgan fingerprint density at radius 3 is 2.26 bits per heavy atom. The SMILES string of the molecule is CCCCC[C@H](O)[C@@](F)(C(=O)OC)S(=O)C(C)(C)C. The van der Waals surface area contributed by atoms with Crippen molar-refractivity contribution in [3.63, 3.8) is 0 Å². The molecule has 4 nitrogen and oxygen atoms in total. The van der Waals surface area contributed by atoms with Crippen LogP contribution < -0.4 is 0 Å². The fourth-order valence-electron chi connectivity index (χ4n) is 1.69. The molecule has 114 valence electrons. The van der Waals surface area contributed by atoms with Gasteiger partial charge in [0.25, 0.3) is 0 Å². The van der Waals surface area contributed by atoms with E-state index >= 15 is 0 Å². The lowest BCUT2D eigenvalue weighted by atomic mass is 10.1. The number of hydrogen-bond acceptors (Lipinski definition) is 4. The van der Waals surface area contributed by atoms with Gasteiger partial charge in [-0.25, -0.2) is 9.18 Å². The molecule has 0 aliphatic carbocycles. The van der Waals surface area contributed by atoms with Crippen LogP contribution in [0.4, 0.5) is 4.39 Å². The molecule has 3 atom stereocenters. The average molecular weight is 296 g/mol. The predicted octanol–water partition coefficient (Wildman–Crippen LogP) is 2.31. The van der Waals surface area contributed by atoms with Crippen LogP contribution >= 0.6 is 0 Å². The topological polar surface area (TPSA) is 63.6 Å². The van der Waals surface area contributed by atoms with Crippen LogP contribution in [0, 0.1) is 0 Å². The van der Waals surface area contributed by atoms with Gasteiger partial charge in [-0.05, 0) is 27.2 Å². The Morgan fingerprint density at radius 2 is 1.89 bits per heavy atom. The summed E-state index contributed by atoms with van der Waals surface area (Å²) in [6.45, 7) is 6.64. The van der Waals surface area contributed by atoms with Gasteiger partial charge in [-0.15, -0.1) is 0 Å². The normalized spacial score (nSPS) is 18.5. The molecule has 0 heterocycles. The summed E-state index contributed by atoms with van der Waals surface area (Å²) in [6, 6.07) is 0. The molecule has 0 bridgehead atoms. The standard InChI is InChI=1S/C13H25FO4S/c1-6-7-8-9-10(15)13(14,11(16)18-5)19(17)12(2,3)4/h10,15H,6-9H2,1-5H3/t10-,13-,19?/m0/s1. The van der Waals surface area contributed by atoms with E-state index in [9.17, 15) is 18.5 Å². The number of carbonyl (C=O) groups excluding carboxylic acids is 1. The molecule has 1 unspecified atom stereocenters. The lowest BCUT2D eigenvalue weighted by Crippen LogP contribution is -2.54. The van der Waals surface area contributed by atoms with E-state index in [1.807, 2.05) is 6.92 Å². The fraction of sp³-hybridized carbons (Fsp3) is 0.923. The van der Waals surface area contributed by atoms with Crippen molar-refractivity contribution in [3.05, 3.63) is 0 Å². The first-order valence-corrected chi connectivity index (χ1v) is 7.64. The van der Waals surface area contributed by atoms with Gasteiger partial charge in [0.15, 0.2) is 0 Å². The second kappa shape index (κ2) is 7.33.